The molecule has 1 aromatic heterocycles. The zero-order chi connectivity index (χ0) is 12.9. The number of ether oxygens (including phenoxy) is 2. The van der Waals surface area contributed by atoms with Crippen LogP contribution in [0.4, 0.5) is 5.95 Å². The zero-order valence-corrected chi connectivity index (χ0v) is 10.3. The van der Waals surface area contributed by atoms with E-state index in [9.17, 15) is 0 Å². The summed E-state index contributed by atoms with van der Waals surface area (Å²) < 4.78 is 11.5. The molecule has 0 fully saturated rings. The number of para-hydroxylation sites is 2. The average Bonchev–Trinajstić information content (AvgIpc) is 2.48. The van der Waals surface area contributed by atoms with Crippen molar-refractivity contribution in [1.82, 2.24) is 15.0 Å². The van der Waals surface area contributed by atoms with Crippen molar-refractivity contribution in [2.24, 2.45) is 0 Å². The number of hydrogen-bond donors (Lipinski definition) is 1. The molecule has 98 valence electrons. The number of nitrogens with one attached hydrogen (secondary N) is 1. The third-order valence-electron chi connectivity index (χ3n) is 2.81. The van der Waals surface area contributed by atoms with Gasteiger partial charge in [0.1, 0.15) is 25.4 Å². The first-order valence-electron chi connectivity index (χ1n) is 6.16. The van der Waals surface area contributed by atoms with Crippen LogP contribution >= 0.6 is 0 Å². The van der Waals surface area contributed by atoms with Gasteiger partial charge >= 0.3 is 0 Å². The van der Waals surface area contributed by atoms with Gasteiger partial charge in [-0.25, -0.2) is 15.0 Å². The molecule has 0 saturated heterocycles. The number of fused-ring (bicyclic) bond motifs is 1. The fourth-order valence-corrected chi connectivity index (χ4v) is 1.88. The van der Waals surface area contributed by atoms with E-state index in [0.717, 1.165) is 24.5 Å². The lowest BCUT2D eigenvalue weighted by atomic mass is 10.2. The Morgan fingerprint density at radius 1 is 1.16 bits per heavy atom. The van der Waals surface area contributed by atoms with Crippen molar-refractivity contribution in [3.63, 3.8) is 0 Å². The highest BCUT2D eigenvalue weighted by Crippen LogP contribution is 2.31. The SMILES string of the molecule is c1ccc2c(c1)OC[C@@H](CCNc1ncncn1)O2. The minimum atomic E-state index is 0.0456. The first-order chi connectivity index (χ1) is 9.42. The summed E-state index contributed by atoms with van der Waals surface area (Å²) in [5.74, 6) is 2.19. The third-order valence-corrected chi connectivity index (χ3v) is 2.81. The number of nitrogens with zero attached hydrogens (tertiary/aromatic N) is 3. The van der Waals surface area contributed by atoms with Gasteiger partial charge in [-0.3, -0.25) is 0 Å². The van der Waals surface area contributed by atoms with E-state index in [0.29, 0.717) is 12.6 Å². The summed E-state index contributed by atoms with van der Waals surface area (Å²) in [7, 11) is 0. The van der Waals surface area contributed by atoms with Crippen LogP contribution in [0.2, 0.25) is 0 Å². The molecule has 1 N–H and O–H groups in total. The molecule has 0 amide bonds. The Morgan fingerprint density at radius 3 is 2.79 bits per heavy atom. The molecule has 0 saturated carbocycles. The van der Waals surface area contributed by atoms with Crippen LogP contribution in [0.1, 0.15) is 6.42 Å². The molecule has 0 bridgehead atoms. The lowest BCUT2D eigenvalue weighted by Crippen LogP contribution is -2.31. The van der Waals surface area contributed by atoms with Crippen LogP contribution in [0.15, 0.2) is 36.9 Å². The summed E-state index contributed by atoms with van der Waals surface area (Å²) in [5, 5.41) is 3.12. The molecule has 3 rings (SSSR count). The maximum absolute atomic E-state index is 5.85. The monoisotopic (exact) mass is 258 g/mol. The fourth-order valence-electron chi connectivity index (χ4n) is 1.88. The molecule has 2 heterocycles. The highest BCUT2D eigenvalue weighted by Gasteiger charge is 2.19. The molecule has 1 aliphatic heterocycles. The predicted octanol–water partition coefficient (Wildman–Crippen LogP) is 1.51. The largest absolute Gasteiger partial charge is 0.486 e. The second-order valence-corrected chi connectivity index (χ2v) is 4.17. The van der Waals surface area contributed by atoms with Crippen molar-refractivity contribution >= 4 is 5.95 Å². The van der Waals surface area contributed by atoms with Gasteiger partial charge in [0.2, 0.25) is 5.95 Å². The number of anilines is 1. The molecule has 0 spiro atoms. The van der Waals surface area contributed by atoms with E-state index in [1.807, 2.05) is 24.3 Å². The quantitative estimate of drug-likeness (QED) is 0.896. The molecule has 0 radical (unpaired) electrons. The van der Waals surface area contributed by atoms with Gasteiger partial charge in [0.05, 0.1) is 0 Å². The van der Waals surface area contributed by atoms with Crippen LogP contribution < -0.4 is 14.8 Å². The molecule has 0 aliphatic carbocycles. The Labute approximate surface area is 110 Å². The number of aromatic nitrogens is 3. The van der Waals surface area contributed by atoms with E-state index >= 15 is 0 Å². The molecule has 6 heteroatoms. The second kappa shape index (κ2) is 5.51. The molecule has 19 heavy (non-hydrogen) atoms. The summed E-state index contributed by atoms with van der Waals surface area (Å²) in [6.45, 7) is 1.29. The lowest BCUT2D eigenvalue weighted by molar-refractivity contribution is 0.0873. The Balaban J connectivity index is 1.50. The Hall–Kier alpha value is -2.37. The van der Waals surface area contributed by atoms with E-state index in [4.69, 9.17) is 9.47 Å². The van der Waals surface area contributed by atoms with E-state index < -0.39 is 0 Å². The standard InChI is InChI=1S/C13H14N4O2/c1-2-4-12-11(3-1)18-7-10(19-12)5-6-15-13-16-8-14-9-17-13/h1-4,8-10H,5-7H2,(H,14,15,16,17)/t10-/m1/s1. The highest BCUT2D eigenvalue weighted by atomic mass is 16.6. The minimum absolute atomic E-state index is 0.0456. The molecule has 1 atom stereocenters. The van der Waals surface area contributed by atoms with Crippen LogP contribution in [-0.4, -0.2) is 34.2 Å². The molecule has 1 aliphatic rings. The van der Waals surface area contributed by atoms with E-state index in [-0.39, 0.29) is 6.10 Å². The maximum Gasteiger partial charge on any atom is 0.225 e. The summed E-state index contributed by atoms with van der Waals surface area (Å²) in [5.41, 5.74) is 0. The van der Waals surface area contributed by atoms with Crippen LogP contribution in [0, 0.1) is 0 Å². The summed E-state index contributed by atoms with van der Waals surface area (Å²) in [6, 6.07) is 7.70. The maximum atomic E-state index is 5.85. The number of rotatable bonds is 4. The van der Waals surface area contributed by atoms with Crippen molar-refractivity contribution in [1.29, 1.82) is 0 Å². The zero-order valence-electron chi connectivity index (χ0n) is 10.3. The van der Waals surface area contributed by atoms with Crippen LogP contribution in [0.25, 0.3) is 0 Å². The molecule has 0 unspecified atom stereocenters. The molecular formula is C13H14N4O2. The van der Waals surface area contributed by atoms with Crippen molar-refractivity contribution in [3.05, 3.63) is 36.9 Å². The summed E-state index contributed by atoms with van der Waals surface area (Å²) in [6.07, 6.45) is 3.79. The first-order valence-corrected chi connectivity index (χ1v) is 6.16. The van der Waals surface area contributed by atoms with Gasteiger partial charge in [-0.1, -0.05) is 12.1 Å². The molecule has 6 nitrogen and oxygen atoms in total. The molecular weight excluding hydrogens is 244 g/mol. The van der Waals surface area contributed by atoms with Crippen molar-refractivity contribution < 1.29 is 9.47 Å². The van der Waals surface area contributed by atoms with E-state index in [2.05, 4.69) is 20.3 Å². The Kier molecular flexibility index (Phi) is 3.40. The smallest absolute Gasteiger partial charge is 0.225 e. The van der Waals surface area contributed by atoms with Gasteiger partial charge in [0.25, 0.3) is 0 Å². The van der Waals surface area contributed by atoms with Gasteiger partial charge in [0, 0.05) is 13.0 Å². The van der Waals surface area contributed by atoms with E-state index in [1.165, 1.54) is 12.7 Å². The first kappa shape index (κ1) is 11.7. The molecule has 2 aromatic rings. The van der Waals surface area contributed by atoms with Gasteiger partial charge in [-0.05, 0) is 12.1 Å². The Bertz CT molecular complexity index is 535. The summed E-state index contributed by atoms with van der Waals surface area (Å²) in [4.78, 5) is 11.7. The average molecular weight is 258 g/mol. The fraction of sp³-hybridized carbons (Fsp3) is 0.308. The van der Waals surface area contributed by atoms with Gasteiger partial charge in [-0.2, -0.15) is 0 Å². The summed E-state index contributed by atoms with van der Waals surface area (Å²) >= 11 is 0. The Morgan fingerprint density at radius 2 is 1.95 bits per heavy atom. The normalized spacial score (nSPS) is 16.9. The van der Waals surface area contributed by atoms with Crippen molar-refractivity contribution in [3.8, 4) is 11.5 Å². The van der Waals surface area contributed by atoms with Crippen LogP contribution in [-0.2, 0) is 0 Å². The highest BCUT2D eigenvalue weighted by molar-refractivity contribution is 5.40. The van der Waals surface area contributed by atoms with Crippen LogP contribution in [0.3, 0.4) is 0 Å². The van der Waals surface area contributed by atoms with Crippen LogP contribution in [0.5, 0.6) is 11.5 Å². The van der Waals surface area contributed by atoms with Crippen molar-refractivity contribution in [2.45, 2.75) is 12.5 Å². The number of hydrogen-bond acceptors (Lipinski definition) is 6. The van der Waals surface area contributed by atoms with Gasteiger partial charge < -0.3 is 14.8 Å². The lowest BCUT2D eigenvalue weighted by Gasteiger charge is -2.26. The third kappa shape index (κ3) is 2.90. The minimum Gasteiger partial charge on any atom is -0.486 e. The van der Waals surface area contributed by atoms with E-state index in [1.54, 1.807) is 0 Å². The van der Waals surface area contributed by atoms with Gasteiger partial charge in [0.15, 0.2) is 11.5 Å². The van der Waals surface area contributed by atoms with Crippen molar-refractivity contribution in [2.75, 3.05) is 18.5 Å². The topological polar surface area (TPSA) is 69.2 Å². The second-order valence-electron chi connectivity index (χ2n) is 4.17. The van der Waals surface area contributed by atoms with Gasteiger partial charge in [-0.15, -0.1) is 0 Å². The predicted molar refractivity (Wildman–Crippen MR) is 69.3 cm³/mol. The number of benzene rings is 1. The molecule has 1 aromatic carbocycles.